The Labute approximate surface area is 156 Å². The van der Waals surface area contributed by atoms with Gasteiger partial charge in [-0.1, -0.05) is 6.07 Å². The van der Waals surface area contributed by atoms with Crippen molar-refractivity contribution in [2.45, 2.75) is 31.7 Å². The standard InChI is InChI=1S/C19H21N3O3S/c23-17-10-13(12-3-4-15-16(9-12)25-8-7-24-15)18-14(11-20-17)21-19(26-18)22-5-1-2-6-22/h3-4,9,13H,1-2,5-8,10-11H2,(H,20,23)/t13-/m0/s1. The minimum Gasteiger partial charge on any atom is -0.486 e. The third kappa shape index (κ3) is 2.80. The first-order valence-electron chi connectivity index (χ1n) is 9.19. The zero-order valence-electron chi connectivity index (χ0n) is 14.5. The van der Waals surface area contributed by atoms with Crippen LogP contribution in [-0.2, 0) is 11.3 Å². The number of carbonyl (C=O) groups excluding carboxylic acids is 1. The molecule has 1 saturated heterocycles. The van der Waals surface area contributed by atoms with Gasteiger partial charge in [-0.05, 0) is 30.5 Å². The molecule has 0 saturated carbocycles. The monoisotopic (exact) mass is 371 g/mol. The van der Waals surface area contributed by atoms with Crippen LogP contribution in [0.3, 0.4) is 0 Å². The highest BCUT2D eigenvalue weighted by molar-refractivity contribution is 7.15. The van der Waals surface area contributed by atoms with Crippen molar-refractivity contribution in [1.82, 2.24) is 10.3 Å². The van der Waals surface area contributed by atoms with E-state index in [1.807, 2.05) is 12.1 Å². The van der Waals surface area contributed by atoms with Crippen LogP contribution in [0.25, 0.3) is 0 Å². The van der Waals surface area contributed by atoms with E-state index in [0.717, 1.165) is 41.0 Å². The lowest BCUT2D eigenvalue weighted by atomic mass is 9.93. The van der Waals surface area contributed by atoms with E-state index in [9.17, 15) is 4.79 Å². The number of benzene rings is 1. The van der Waals surface area contributed by atoms with Gasteiger partial charge in [0.15, 0.2) is 16.6 Å². The van der Waals surface area contributed by atoms with Crippen molar-refractivity contribution in [3.63, 3.8) is 0 Å². The number of hydrogen-bond acceptors (Lipinski definition) is 6. The van der Waals surface area contributed by atoms with Crippen LogP contribution in [0.4, 0.5) is 5.13 Å². The average Bonchev–Trinajstić information content (AvgIpc) is 3.31. The molecule has 26 heavy (non-hydrogen) atoms. The zero-order chi connectivity index (χ0) is 17.5. The summed E-state index contributed by atoms with van der Waals surface area (Å²) in [5.74, 6) is 1.62. The summed E-state index contributed by atoms with van der Waals surface area (Å²) in [5.41, 5.74) is 2.09. The molecule has 3 aliphatic rings. The van der Waals surface area contributed by atoms with E-state index >= 15 is 0 Å². The molecule has 0 bridgehead atoms. The maximum absolute atomic E-state index is 12.3. The topological polar surface area (TPSA) is 63.7 Å². The maximum atomic E-state index is 12.3. The predicted octanol–water partition coefficient (Wildman–Crippen LogP) is 2.67. The molecule has 7 heteroatoms. The Hall–Kier alpha value is -2.28. The summed E-state index contributed by atoms with van der Waals surface area (Å²) >= 11 is 1.74. The van der Waals surface area contributed by atoms with Crippen LogP contribution in [0.5, 0.6) is 11.5 Å². The Morgan fingerprint density at radius 2 is 1.96 bits per heavy atom. The number of ether oxygens (including phenoxy) is 2. The van der Waals surface area contributed by atoms with Gasteiger partial charge in [0.1, 0.15) is 13.2 Å². The molecule has 136 valence electrons. The van der Waals surface area contributed by atoms with E-state index in [0.29, 0.717) is 26.2 Å². The van der Waals surface area contributed by atoms with Crippen molar-refractivity contribution in [3.8, 4) is 11.5 Å². The van der Waals surface area contributed by atoms with Crippen LogP contribution < -0.4 is 19.7 Å². The second kappa shape index (κ2) is 6.46. The molecular weight excluding hydrogens is 350 g/mol. The van der Waals surface area contributed by atoms with Crippen LogP contribution in [0, 0.1) is 0 Å². The number of nitrogens with one attached hydrogen (secondary N) is 1. The normalized spacial score (nSPS) is 21.9. The number of thiazole rings is 1. The molecule has 5 rings (SSSR count). The van der Waals surface area contributed by atoms with Crippen molar-refractivity contribution in [1.29, 1.82) is 0 Å². The molecule has 1 aromatic carbocycles. The lowest BCUT2D eigenvalue weighted by molar-refractivity contribution is -0.121. The van der Waals surface area contributed by atoms with Gasteiger partial charge < -0.3 is 19.7 Å². The van der Waals surface area contributed by atoms with Crippen molar-refractivity contribution in [3.05, 3.63) is 34.3 Å². The molecular formula is C19H21N3O3S. The van der Waals surface area contributed by atoms with Gasteiger partial charge in [-0.25, -0.2) is 4.98 Å². The average molecular weight is 371 g/mol. The zero-order valence-corrected chi connectivity index (χ0v) is 15.3. The fraction of sp³-hybridized carbons (Fsp3) is 0.474. The van der Waals surface area contributed by atoms with E-state index in [-0.39, 0.29) is 11.8 Å². The molecule has 1 atom stereocenters. The van der Waals surface area contributed by atoms with Gasteiger partial charge in [0.05, 0.1) is 12.2 Å². The highest BCUT2D eigenvalue weighted by atomic mass is 32.1. The van der Waals surface area contributed by atoms with E-state index in [1.54, 1.807) is 11.3 Å². The van der Waals surface area contributed by atoms with E-state index in [4.69, 9.17) is 14.5 Å². The highest BCUT2D eigenvalue weighted by Gasteiger charge is 2.30. The smallest absolute Gasteiger partial charge is 0.221 e. The molecule has 6 nitrogen and oxygen atoms in total. The summed E-state index contributed by atoms with van der Waals surface area (Å²) in [7, 11) is 0. The Kier molecular flexibility index (Phi) is 3.96. The summed E-state index contributed by atoms with van der Waals surface area (Å²) in [6.45, 7) is 3.81. The van der Waals surface area contributed by atoms with Gasteiger partial charge in [-0.2, -0.15) is 0 Å². The first-order chi connectivity index (χ1) is 12.8. The summed E-state index contributed by atoms with van der Waals surface area (Å²) < 4.78 is 11.4. The molecule has 1 amide bonds. The minimum absolute atomic E-state index is 0.0113. The number of rotatable bonds is 2. The molecule has 0 unspecified atom stereocenters. The summed E-state index contributed by atoms with van der Waals surface area (Å²) in [6, 6.07) is 6.03. The first kappa shape index (κ1) is 15.9. The van der Waals surface area contributed by atoms with Crippen LogP contribution in [0.1, 0.15) is 41.3 Å². The largest absolute Gasteiger partial charge is 0.486 e. The molecule has 0 spiro atoms. The third-order valence-corrected chi connectivity index (χ3v) is 6.49. The van der Waals surface area contributed by atoms with Crippen LogP contribution >= 0.6 is 11.3 Å². The Morgan fingerprint density at radius 3 is 2.81 bits per heavy atom. The van der Waals surface area contributed by atoms with Crippen LogP contribution in [0.2, 0.25) is 0 Å². The second-order valence-corrected chi connectivity index (χ2v) is 7.95. The molecule has 1 N–H and O–H groups in total. The number of carbonyl (C=O) groups is 1. The van der Waals surface area contributed by atoms with Gasteiger partial charge in [0.25, 0.3) is 0 Å². The van der Waals surface area contributed by atoms with Gasteiger partial charge >= 0.3 is 0 Å². The fourth-order valence-electron chi connectivity index (χ4n) is 3.87. The Morgan fingerprint density at radius 1 is 1.15 bits per heavy atom. The third-order valence-electron chi connectivity index (χ3n) is 5.22. The molecule has 0 aliphatic carbocycles. The molecule has 3 aliphatic heterocycles. The van der Waals surface area contributed by atoms with Gasteiger partial charge in [0, 0.05) is 30.3 Å². The van der Waals surface area contributed by atoms with E-state index in [1.165, 1.54) is 17.7 Å². The number of anilines is 1. The van der Waals surface area contributed by atoms with Crippen molar-refractivity contribution in [2.24, 2.45) is 0 Å². The SMILES string of the molecule is O=C1C[C@@H](c2ccc3c(c2)OCCO3)c2sc(N3CCCC3)nc2CN1. The lowest BCUT2D eigenvalue weighted by Gasteiger charge is -2.21. The number of fused-ring (bicyclic) bond motifs is 2. The second-order valence-electron chi connectivity index (χ2n) is 6.94. The van der Waals surface area contributed by atoms with Gasteiger partial charge in [0.2, 0.25) is 5.91 Å². The first-order valence-corrected chi connectivity index (χ1v) is 10.0. The van der Waals surface area contributed by atoms with E-state index < -0.39 is 0 Å². The van der Waals surface area contributed by atoms with E-state index in [2.05, 4.69) is 16.3 Å². The summed E-state index contributed by atoms with van der Waals surface area (Å²) in [4.78, 5) is 20.7. The number of aromatic nitrogens is 1. The maximum Gasteiger partial charge on any atom is 0.221 e. The molecule has 0 radical (unpaired) electrons. The molecule has 1 aromatic heterocycles. The minimum atomic E-state index is 0.0113. The Balaban J connectivity index is 1.54. The van der Waals surface area contributed by atoms with Crippen LogP contribution in [0.15, 0.2) is 18.2 Å². The molecule has 4 heterocycles. The quantitative estimate of drug-likeness (QED) is 0.879. The van der Waals surface area contributed by atoms with Crippen LogP contribution in [-0.4, -0.2) is 37.2 Å². The van der Waals surface area contributed by atoms with Gasteiger partial charge in [-0.3, -0.25) is 4.79 Å². The predicted molar refractivity (Wildman–Crippen MR) is 99.3 cm³/mol. The van der Waals surface area contributed by atoms with Crippen molar-refractivity contribution >= 4 is 22.4 Å². The van der Waals surface area contributed by atoms with Crippen molar-refractivity contribution < 1.29 is 14.3 Å². The number of nitrogens with zero attached hydrogens (tertiary/aromatic N) is 2. The number of hydrogen-bond donors (Lipinski definition) is 1. The fourth-order valence-corrected chi connectivity index (χ4v) is 5.13. The molecule has 1 fully saturated rings. The Bertz CT molecular complexity index is 845. The summed E-state index contributed by atoms with van der Waals surface area (Å²) in [5, 5.41) is 4.09. The highest BCUT2D eigenvalue weighted by Crippen LogP contribution is 2.42. The van der Waals surface area contributed by atoms with Gasteiger partial charge in [-0.15, -0.1) is 11.3 Å². The lowest BCUT2D eigenvalue weighted by Crippen LogP contribution is -2.22. The summed E-state index contributed by atoms with van der Waals surface area (Å²) in [6.07, 6.45) is 2.90. The van der Waals surface area contributed by atoms with Crippen molar-refractivity contribution in [2.75, 3.05) is 31.2 Å². The number of amides is 1. The molecule has 2 aromatic rings.